The van der Waals surface area contributed by atoms with Crippen molar-refractivity contribution in [3.05, 3.63) is 90.0 Å². The van der Waals surface area contributed by atoms with Crippen LogP contribution in [0.1, 0.15) is 36.8 Å². The topological polar surface area (TPSA) is 57.5 Å². The molecular formula is C26H31O3P. The van der Waals surface area contributed by atoms with Crippen LogP contribution < -0.4 is 5.30 Å². The van der Waals surface area contributed by atoms with Crippen molar-refractivity contribution in [2.75, 3.05) is 12.3 Å². The van der Waals surface area contributed by atoms with Crippen molar-refractivity contribution in [3.8, 4) is 11.5 Å². The van der Waals surface area contributed by atoms with Gasteiger partial charge in [0.05, 0.1) is 5.30 Å². The highest BCUT2D eigenvalue weighted by atomic mass is 31.2. The van der Waals surface area contributed by atoms with E-state index in [1.54, 1.807) is 0 Å². The Labute approximate surface area is 179 Å². The van der Waals surface area contributed by atoms with Gasteiger partial charge in [0.2, 0.25) is 0 Å². The van der Waals surface area contributed by atoms with Gasteiger partial charge in [0.1, 0.15) is 18.6 Å². The summed E-state index contributed by atoms with van der Waals surface area (Å²) in [5, 5.41) is 20.7. The second-order valence-corrected chi connectivity index (χ2v) is 11.0. The summed E-state index contributed by atoms with van der Waals surface area (Å²) in [6.45, 7) is 0. The summed E-state index contributed by atoms with van der Waals surface area (Å²) in [7, 11) is -2.79. The number of phenolic OH excluding ortho intramolecular Hbond substituents is 2. The lowest BCUT2D eigenvalue weighted by molar-refractivity contribution is 0.463. The molecule has 0 unspecified atom stereocenters. The molecule has 0 heterocycles. The van der Waals surface area contributed by atoms with Crippen LogP contribution in [0.15, 0.2) is 78.9 Å². The Balaban J connectivity index is 1.62. The smallest absolute Gasteiger partial charge is 0.126 e. The largest absolute Gasteiger partial charge is 0.508 e. The molecule has 0 radical (unpaired) electrons. The zero-order valence-corrected chi connectivity index (χ0v) is 18.3. The molecular weight excluding hydrogens is 391 g/mol. The molecule has 0 saturated carbocycles. The van der Waals surface area contributed by atoms with Crippen molar-refractivity contribution in [3.63, 3.8) is 0 Å². The molecule has 0 saturated heterocycles. The molecule has 3 aromatic carbocycles. The summed E-state index contributed by atoms with van der Waals surface area (Å²) in [5.74, 6) is 0.0823. The molecule has 0 aliphatic rings. The van der Waals surface area contributed by atoms with Crippen LogP contribution >= 0.6 is 7.14 Å². The van der Waals surface area contributed by atoms with Crippen molar-refractivity contribution < 1.29 is 14.8 Å². The lowest BCUT2D eigenvalue weighted by Crippen LogP contribution is -2.12. The van der Waals surface area contributed by atoms with Gasteiger partial charge in [-0.2, -0.15) is 0 Å². The van der Waals surface area contributed by atoms with E-state index >= 15 is 0 Å². The van der Waals surface area contributed by atoms with Crippen LogP contribution in [0.2, 0.25) is 0 Å². The van der Waals surface area contributed by atoms with E-state index in [4.69, 9.17) is 0 Å². The highest BCUT2D eigenvalue weighted by molar-refractivity contribution is 7.71. The van der Waals surface area contributed by atoms with Gasteiger partial charge in [-0.3, -0.25) is 0 Å². The summed E-state index contributed by atoms with van der Waals surface area (Å²) >= 11 is 0. The van der Waals surface area contributed by atoms with Gasteiger partial charge in [0.15, 0.2) is 0 Å². The first-order valence-corrected chi connectivity index (χ1v) is 12.8. The maximum Gasteiger partial charge on any atom is 0.126 e. The Kier molecular flexibility index (Phi) is 8.16. The second kappa shape index (κ2) is 11.0. The van der Waals surface area contributed by atoms with Crippen molar-refractivity contribution in [2.45, 2.75) is 38.5 Å². The molecule has 0 aliphatic carbocycles. The molecule has 3 aromatic rings. The normalized spacial score (nSPS) is 11.5. The first-order chi connectivity index (χ1) is 14.6. The molecule has 0 spiro atoms. The van der Waals surface area contributed by atoms with E-state index in [1.807, 2.05) is 36.4 Å². The fraction of sp³-hybridized carbons (Fsp3) is 0.308. The van der Waals surface area contributed by atoms with Crippen LogP contribution in [0, 0.1) is 0 Å². The summed E-state index contributed by atoms with van der Waals surface area (Å²) in [6, 6.07) is 25.0. The Bertz CT molecular complexity index is 903. The molecule has 3 nitrogen and oxygen atoms in total. The van der Waals surface area contributed by atoms with Gasteiger partial charge in [-0.25, -0.2) is 0 Å². The van der Waals surface area contributed by atoms with Gasteiger partial charge < -0.3 is 14.8 Å². The molecule has 2 N–H and O–H groups in total. The Morgan fingerprint density at radius 1 is 0.633 bits per heavy atom. The van der Waals surface area contributed by atoms with Crippen molar-refractivity contribution in [1.29, 1.82) is 0 Å². The third-order valence-corrected chi connectivity index (χ3v) is 8.87. The van der Waals surface area contributed by atoms with E-state index in [-0.39, 0.29) is 11.5 Å². The minimum Gasteiger partial charge on any atom is -0.508 e. The van der Waals surface area contributed by atoms with Gasteiger partial charge in [-0.1, -0.05) is 60.7 Å². The molecule has 158 valence electrons. The second-order valence-electron chi connectivity index (χ2n) is 7.89. The molecule has 0 atom stereocenters. The number of aromatic hydroxyl groups is 2. The maximum absolute atomic E-state index is 13.9. The van der Waals surface area contributed by atoms with Crippen molar-refractivity contribution in [2.24, 2.45) is 0 Å². The standard InChI is InChI=1S/C26H31O3P/c27-24-17-18-25(28)26(21-24)30(29,19-9-7-15-22-11-3-1-4-12-22)20-10-8-16-23-13-5-2-6-14-23/h1-6,11-14,17-18,21,27-28H,7-10,15-16,19-20H2. The average Bonchev–Trinajstić information content (AvgIpc) is 2.77. The third-order valence-electron chi connectivity index (χ3n) is 5.55. The molecule has 0 aliphatic heterocycles. The number of unbranched alkanes of at least 4 members (excludes halogenated alkanes) is 2. The van der Waals surface area contributed by atoms with E-state index in [0.717, 1.165) is 38.5 Å². The summed E-state index contributed by atoms with van der Waals surface area (Å²) < 4.78 is 13.9. The molecule has 0 bridgehead atoms. The monoisotopic (exact) mass is 422 g/mol. The molecule has 0 fully saturated rings. The van der Waals surface area contributed by atoms with Crippen LogP contribution in [-0.2, 0) is 17.4 Å². The van der Waals surface area contributed by atoms with Crippen LogP contribution in [0.3, 0.4) is 0 Å². The highest BCUT2D eigenvalue weighted by Gasteiger charge is 2.27. The fourth-order valence-electron chi connectivity index (χ4n) is 3.87. The van der Waals surface area contributed by atoms with Gasteiger partial charge in [0, 0.05) is 12.3 Å². The lowest BCUT2D eigenvalue weighted by atomic mass is 10.1. The number of aryl methyl sites for hydroxylation is 2. The van der Waals surface area contributed by atoms with Crippen LogP contribution in [0.5, 0.6) is 11.5 Å². The zero-order valence-electron chi connectivity index (χ0n) is 17.4. The van der Waals surface area contributed by atoms with Gasteiger partial charge in [0.25, 0.3) is 0 Å². The van der Waals surface area contributed by atoms with Gasteiger partial charge >= 0.3 is 0 Å². The molecule has 0 aromatic heterocycles. The third kappa shape index (κ3) is 6.50. The van der Waals surface area contributed by atoms with Crippen LogP contribution in [-0.4, -0.2) is 22.5 Å². The van der Waals surface area contributed by atoms with Gasteiger partial charge in [-0.15, -0.1) is 0 Å². The first kappa shape index (κ1) is 22.2. The highest BCUT2D eigenvalue weighted by Crippen LogP contribution is 2.49. The molecule has 30 heavy (non-hydrogen) atoms. The van der Waals surface area contributed by atoms with Crippen molar-refractivity contribution in [1.82, 2.24) is 0 Å². The predicted molar refractivity (Wildman–Crippen MR) is 126 cm³/mol. The number of hydrogen-bond acceptors (Lipinski definition) is 3. The number of rotatable bonds is 11. The number of hydrogen-bond donors (Lipinski definition) is 2. The van der Waals surface area contributed by atoms with Crippen LogP contribution in [0.25, 0.3) is 0 Å². The van der Waals surface area contributed by atoms with Crippen molar-refractivity contribution >= 4 is 12.4 Å². The maximum atomic E-state index is 13.9. The summed E-state index contributed by atoms with van der Waals surface area (Å²) in [6.07, 6.45) is 6.61. The molecule has 4 heteroatoms. The molecule has 3 rings (SSSR count). The fourth-order valence-corrected chi connectivity index (χ4v) is 6.91. The molecule has 0 amide bonds. The van der Waals surface area contributed by atoms with E-state index in [9.17, 15) is 14.8 Å². The summed E-state index contributed by atoms with van der Waals surface area (Å²) in [5.41, 5.74) is 2.57. The van der Waals surface area contributed by atoms with E-state index in [1.165, 1.54) is 29.3 Å². The minimum absolute atomic E-state index is 0.0299. The lowest BCUT2D eigenvalue weighted by Gasteiger charge is -2.20. The zero-order chi connectivity index (χ0) is 21.2. The SMILES string of the molecule is O=P(CCCCc1ccccc1)(CCCCc1ccccc1)c1cc(O)ccc1O. The predicted octanol–water partition coefficient (Wildman–Crippen LogP) is 6.13. The Morgan fingerprint density at radius 2 is 1.13 bits per heavy atom. The average molecular weight is 423 g/mol. The quantitative estimate of drug-likeness (QED) is 0.222. The Hall–Kier alpha value is -2.51. The van der Waals surface area contributed by atoms with Gasteiger partial charge in [-0.05, 0) is 67.9 Å². The van der Waals surface area contributed by atoms with E-state index < -0.39 is 7.14 Å². The van der Waals surface area contributed by atoms with E-state index in [0.29, 0.717) is 17.6 Å². The number of phenols is 2. The minimum atomic E-state index is -2.79. The van der Waals surface area contributed by atoms with Crippen LogP contribution in [0.4, 0.5) is 0 Å². The number of benzene rings is 3. The Morgan fingerprint density at radius 3 is 1.63 bits per heavy atom. The summed E-state index contributed by atoms with van der Waals surface area (Å²) in [4.78, 5) is 0. The van der Waals surface area contributed by atoms with E-state index in [2.05, 4.69) is 24.3 Å². The first-order valence-electron chi connectivity index (χ1n) is 10.8.